The van der Waals surface area contributed by atoms with Gasteiger partial charge in [0, 0.05) is 10.8 Å². The molecule has 0 aliphatic heterocycles. The molecular formula is C42H26O. The largest absolute Gasteiger partial charge is 0.456 e. The molecular weight excluding hydrogens is 520 g/mol. The van der Waals surface area contributed by atoms with E-state index < -0.39 is 120 Å². The highest BCUT2D eigenvalue weighted by atomic mass is 16.3. The van der Waals surface area contributed by atoms with Crippen molar-refractivity contribution in [2.24, 2.45) is 0 Å². The minimum atomic E-state index is -0.732. The number of hydrogen-bond donors (Lipinski definition) is 0. The van der Waals surface area contributed by atoms with E-state index in [-0.39, 0.29) is 55.0 Å². The summed E-state index contributed by atoms with van der Waals surface area (Å²) in [4.78, 5) is 0. The third kappa shape index (κ3) is 3.65. The molecule has 200 valence electrons. The molecule has 1 heterocycles. The summed E-state index contributed by atoms with van der Waals surface area (Å²) in [6, 6.07) is 2.15. The Labute approximate surface area is 274 Å². The van der Waals surface area contributed by atoms with Crippen molar-refractivity contribution in [2.45, 2.75) is 0 Å². The van der Waals surface area contributed by atoms with Gasteiger partial charge in [-0.2, -0.15) is 0 Å². The Hall–Kier alpha value is -5.66. The molecule has 0 saturated carbocycles. The average molecular weight is 565 g/mol. The maximum absolute atomic E-state index is 9.97. The molecule has 43 heavy (non-hydrogen) atoms. The van der Waals surface area contributed by atoms with Crippen LogP contribution in [0.1, 0.15) is 24.7 Å². The van der Waals surface area contributed by atoms with Crippen molar-refractivity contribution in [3.05, 3.63) is 157 Å². The Morgan fingerprint density at radius 3 is 1.72 bits per heavy atom. The number of fused-ring (bicyclic) bond motifs is 6. The van der Waals surface area contributed by atoms with Crippen LogP contribution in [0.5, 0.6) is 0 Å². The van der Waals surface area contributed by atoms with Crippen molar-refractivity contribution in [1.82, 2.24) is 0 Å². The zero-order valence-corrected chi connectivity index (χ0v) is 22.0. The molecule has 0 amide bonds. The van der Waals surface area contributed by atoms with E-state index in [1.165, 1.54) is 0 Å². The van der Waals surface area contributed by atoms with Gasteiger partial charge in [-0.05, 0) is 83.8 Å². The standard InChI is InChI=1S/C42H26O/c1-2-13-27(14-3-1)29-25-37(42-36-22-10-11-24-38(36)43-39(42)26-29)41-34-20-8-6-18-32(34)40(33-19-7-9-21-35(33)41)31-23-12-16-28-15-4-5-17-30(28)31/h1-26H/i1D,2D,3D,4D,5D,10D,11D,12D,13D,14D,15D,16D,17D,22D,23D,24D,25D,26D. The smallest absolute Gasteiger partial charge is 0.136 e. The molecule has 0 saturated heterocycles. The number of furan rings is 1. The van der Waals surface area contributed by atoms with E-state index in [0.29, 0.717) is 21.5 Å². The van der Waals surface area contributed by atoms with Gasteiger partial charge in [-0.3, -0.25) is 0 Å². The van der Waals surface area contributed by atoms with Gasteiger partial charge in [-0.1, -0.05) is 139 Å². The van der Waals surface area contributed by atoms with E-state index in [1.807, 2.05) is 0 Å². The Kier molecular flexibility index (Phi) is 2.70. The lowest BCUT2D eigenvalue weighted by Crippen LogP contribution is -1.92. The molecule has 8 aromatic carbocycles. The summed E-state index contributed by atoms with van der Waals surface area (Å²) in [5.41, 5.74) is -1.33. The molecule has 0 radical (unpaired) electrons. The lowest BCUT2D eigenvalue weighted by Gasteiger charge is -2.19. The van der Waals surface area contributed by atoms with E-state index in [1.54, 1.807) is 48.5 Å². The van der Waals surface area contributed by atoms with Gasteiger partial charge in [0.15, 0.2) is 0 Å². The number of para-hydroxylation sites is 1. The van der Waals surface area contributed by atoms with Crippen molar-refractivity contribution < 1.29 is 29.1 Å². The summed E-state index contributed by atoms with van der Waals surface area (Å²) in [6.45, 7) is 0. The van der Waals surface area contributed by atoms with Crippen molar-refractivity contribution in [2.75, 3.05) is 0 Å². The lowest BCUT2D eigenvalue weighted by molar-refractivity contribution is 0.669. The summed E-state index contributed by atoms with van der Waals surface area (Å²) >= 11 is 0. The molecule has 0 spiro atoms. The minimum absolute atomic E-state index is 0.0672. The molecule has 0 atom stereocenters. The second-order valence-corrected chi connectivity index (χ2v) is 9.85. The van der Waals surface area contributed by atoms with Gasteiger partial charge in [0.2, 0.25) is 0 Å². The fraction of sp³-hybridized carbons (Fsp3) is 0. The molecule has 0 unspecified atom stereocenters. The van der Waals surface area contributed by atoms with Crippen LogP contribution in [0.4, 0.5) is 0 Å². The molecule has 0 aliphatic carbocycles. The van der Waals surface area contributed by atoms with E-state index in [4.69, 9.17) is 25.0 Å². The highest BCUT2D eigenvalue weighted by molar-refractivity contribution is 6.27. The molecule has 1 aromatic heterocycles. The van der Waals surface area contributed by atoms with Crippen LogP contribution < -0.4 is 0 Å². The van der Waals surface area contributed by atoms with Crippen molar-refractivity contribution in [1.29, 1.82) is 0 Å². The quantitative estimate of drug-likeness (QED) is 0.195. The first-order chi connectivity index (χ1) is 28.8. The van der Waals surface area contributed by atoms with Gasteiger partial charge in [-0.25, -0.2) is 0 Å². The molecule has 0 N–H and O–H groups in total. The van der Waals surface area contributed by atoms with Crippen LogP contribution in [0.25, 0.3) is 87.6 Å². The number of hydrogen-bond acceptors (Lipinski definition) is 1. The SMILES string of the molecule is [2H]c1c([2H])c([2H])c(-c2c([2H])c(-c3c4ccccc4c(-c4c([2H])c([2H])c([2H])c5c([2H])c([2H])c([2H])c([2H])c45)c4ccccc34)c3c(oc4c([2H])c([2H])c([2H])c([2H])c43)c2[2H])c([2H])c1[2H]. The van der Waals surface area contributed by atoms with E-state index in [0.717, 1.165) is 0 Å². The van der Waals surface area contributed by atoms with Crippen LogP contribution in [0, 0.1) is 0 Å². The molecule has 0 fully saturated rings. The topological polar surface area (TPSA) is 13.1 Å². The van der Waals surface area contributed by atoms with Crippen molar-refractivity contribution in [3.8, 4) is 33.4 Å². The second-order valence-electron chi connectivity index (χ2n) is 9.85. The minimum Gasteiger partial charge on any atom is -0.456 e. The van der Waals surface area contributed by atoms with Crippen LogP contribution in [0.2, 0.25) is 0 Å². The molecule has 1 nitrogen and oxygen atoms in total. The van der Waals surface area contributed by atoms with Gasteiger partial charge < -0.3 is 4.42 Å². The first kappa shape index (κ1) is 12.3. The summed E-state index contributed by atoms with van der Waals surface area (Å²) in [5, 5.41) is 0.605. The Morgan fingerprint density at radius 2 is 1.00 bits per heavy atom. The number of rotatable bonds is 3. The molecule has 9 aromatic rings. The van der Waals surface area contributed by atoms with Gasteiger partial charge in [-0.15, -0.1) is 0 Å². The highest BCUT2D eigenvalue weighted by Crippen LogP contribution is 2.48. The zero-order valence-electron chi connectivity index (χ0n) is 40.0. The molecule has 0 bridgehead atoms. The fourth-order valence-electron chi connectivity index (χ4n) is 5.83. The monoisotopic (exact) mass is 564 g/mol. The predicted octanol–water partition coefficient (Wildman–Crippen LogP) is 12.0. The second kappa shape index (κ2) is 9.44. The summed E-state index contributed by atoms with van der Waals surface area (Å²) < 4.78 is 165. The molecule has 0 aliphatic rings. The van der Waals surface area contributed by atoms with Crippen LogP contribution in [-0.2, 0) is 0 Å². The van der Waals surface area contributed by atoms with Gasteiger partial charge >= 0.3 is 0 Å². The maximum Gasteiger partial charge on any atom is 0.136 e. The Balaban J connectivity index is 1.59. The predicted molar refractivity (Wildman–Crippen MR) is 183 cm³/mol. The summed E-state index contributed by atoms with van der Waals surface area (Å²) in [6.07, 6.45) is 0. The van der Waals surface area contributed by atoms with Crippen molar-refractivity contribution in [3.63, 3.8) is 0 Å². The highest BCUT2D eigenvalue weighted by Gasteiger charge is 2.22. The third-order valence-electron chi connectivity index (χ3n) is 7.57. The van der Waals surface area contributed by atoms with Gasteiger partial charge in [0.05, 0.1) is 24.7 Å². The average Bonchev–Trinajstić information content (AvgIpc) is 3.66. The molecule has 9 rings (SSSR count). The van der Waals surface area contributed by atoms with E-state index in [9.17, 15) is 4.11 Å². The first-order valence-electron chi connectivity index (χ1n) is 22.3. The van der Waals surface area contributed by atoms with E-state index >= 15 is 0 Å². The summed E-state index contributed by atoms with van der Waals surface area (Å²) in [7, 11) is 0. The lowest BCUT2D eigenvalue weighted by atomic mass is 9.83. The third-order valence-corrected chi connectivity index (χ3v) is 7.57. The fourth-order valence-corrected chi connectivity index (χ4v) is 5.83. The normalized spacial score (nSPS) is 17.6. The first-order valence-corrected chi connectivity index (χ1v) is 13.3. The zero-order chi connectivity index (χ0) is 44.0. The van der Waals surface area contributed by atoms with Gasteiger partial charge in [0.25, 0.3) is 0 Å². The Bertz CT molecular complexity index is 3420. The van der Waals surface area contributed by atoms with Crippen molar-refractivity contribution >= 4 is 54.3 Å². The summed E-state index contributed by atoms with van der Waals surface area (Å²) in [5.74, 6) is 0. The maximum atomic E-state index is 9.97. The van der Waals surface area contributed by atoms with Crippen LogP contribution >= 0.6 is 0 Å². The van der Waals surface area contributed by atoms with Crippen LogP contribution in [-0.4, -0.2) is 0 Å². The molecule has 1 heteroatoms. The van der Waals surface area contributed by atoms with E-state index in [2.05, 4.69) is 0 Å². The van der Waals surface area contributed by atoms with Crippen LogP contribution in [0.15, 0.2) is 162 Å². The Morgan fingerprint density at radius 1 is 0.419 bits per heavy atom. The van der Waals surface area contributed by atoms with Gasteiger partial charge in [0.1, 0.15) is 11.2 Å². The van der Waals surface area contributed by atoms with Crippen LogP contribution in [0.3, 0.4) is 0 Å². The number of benzene rings is 8.